The Kier molecular flexibility index (Phi) is 3.23. The van der Waals surface area contributed by atoms with Gasteiger partial charge in [0.2, 0.25) is 0 Å². The average molecular weight is 167 g/mol. The zero-order chi connectivity index (χ0) is 8.97. The fourth-order valence-electron chi connectivity index (χ4n) is 1.17. The summed E-state index contributed by atoms with van der Waals surface area (Å²) >= 11 is 0. The first-order chi connectivity index (χ1) is 5.74. The van der Waals surface area contributed by atoms with Crippen LogP contribution in [0.2, 0.25) is 0 Å². The summed E-state index contributed by atoms with van der Waals surface area (Å²) in [6.07, 6.45) is 0.889. The van der Waals surface area contributed by atoms with Gasteiger partial charge in [-0.05, 0) is 50.2 Å². The summed E-state index contributed by atoms with van der Waals surface area (Å²) in [6.45, 7) is 2.90. The summed E-state index contributed by atoms with van der Waals surface area (Å²) in [5, 5.41) is 3.04. The third-order valence-corrected chi connectivity index (χ3v) is 1.96. The minimum Gasteiger partial charge on any atom is -0.319 e. The van der Waals surface area contributed by atoms with E-state index < -0.39 is 0 Å². The minimum atomic E-state index is -0.147. The highest BCUT2D eigenvalue weighted by Gasteiger charge is 1.98. The van der Waals surface area contributed by atoms with Gasteiger partial charge in [0.25, 0.3) is 0 Å². The number of nitrogens with one attached hydrogen (secondary N) is 1. The molecular weight excluding hydrogens is 153 g/mol. The lowest BCUT2D eigenvalue weighted by Gasteiger charge is -2.04. The summed E-state index contributed by atoms with van der Waals surface area (Å²) in [6, 6.07) is 4.92. The predicted octanol–water partition coefficient (Wildman–Crippen LogP) is 1.90. The van der Waals surface area contributed by atoms with Gasteiger partial charge in [-0.1, -0.05) is 6.07 Å². The third kappa shape index (κ3) is 2.31. The molecule has 1 N–H and O–H groups in total. The van der Waals surface area contributed by atoms with E-state index in [1.54, 1.807) is 6.07 Å². The molecule has 0 amide bonds. The smallest absolute Gasteiger partial charge is 0.123 e. The summed E-state index contributed by atoms with van der Waals surface area (Å²) in [5.41, 5.74) is 2.25. The van der Waals surface area contributed by atoms with E-state index in [0.717, 1.165) is 24.1 Å². The number of hydrogen-bond acceptors (Lipinski definition) is 1. The lowest BCUT2D eigenvalue weighted by Crippen LogP contribution is -2.11. The summed E-state index contributed by atoms with van der Waals surface area (Å²) in [7, 11) is 1.90. The molecule has 12 heavy (non-hydrogen) atoms. The zero-order valence-electron chi connectivity index (χ0n) is 7.52. The lowest BCUT2D eigenvalue weighted by molar-refractivity contribution is 0.623. The number of hydrogen-bond donors (Lipinski definition) is 1. The molecule has 0 heterocycles. The Balaban J connectivity index is 2.75. The van der Waals surface area contributed by atoms with Crippen molar-refractivity contribution in [1.29, 1.82) is 0 Å². The van der Waals surface area contributed by atoms with Crippen LogP contribution >= 0.6 is 0 Å². The van der Waals surface area contributed by atoms with E-state index >= 15 is 0 Å². The molecule has 0 saturated heterocycles. The van der Waals surface area contributed by atoms with Crippen LogP contribution in [0.25, 0.3) is 0 Å². The van der Waals surface area contributed by atoms with Gasteiger partial charge in [-0.2, -0.15) is 0 Å². The molecule has 2 heteroatoms. The molecule has 0 radical (unpaired) electrons. The van der Waals surface area contributed by atoms with Crippen molar-refractivity contribution in [2.45, 2.75) is 13.3 Å². The maximum atomic E-state index is 12.8. The molecule has 0 aliphatic heterocycles. The van der Waals surface area contributed by atoms with E-state index in [1.807, 2.05) is 20.0 Å². The van der Waals surface area contributed by atoms with E-state index in [4.69, 9.17) is 0 Å². The Bertz CT molecular complexity index is 258. The van der Waals surface area contributed by atoms with Crippen molar-refractivity contribution < 1.29 is 4.39 Å². The molecule has 0 aliphatic carbocycles. The second-order valence-corrected chi connectivity index (χ2v) is 2.92. The van der Waals surface area contributed by atoms with Crippen LogP contribution < -0.4 is 5.32 Å². The standard InChI is InChI=1S/C10H14FN/c1-8-3-4-10(11)7-9(8)5-6-12-2/h3-4,7,12H,5-6H2,1-2H3. The first-order valence-corrected chi connectivity index (χ1v) is 4.13. The van der Waals surface area contributed by atoms with E-state index in [-0.39, 0.29) is 5.82 Å². The molecule has 66 valence electrons. The molecule has 0 unspecified atom stereocenters. The third-order valence-electron chi connectivity index (χ3n) is 1.96. The van der Waals surface area contributed by atoms with Crippen LogP contribution in [0.3, 0.4) is 0 Å². The Morgan fingerprint density at radius 2 is 2.17 bits per heavy atom. The van der Waals surface area contributed by atoms with Crippen LogP contribution in [0, 0.1) is 12.7 Å². The fraction of sp³-hybridized carbons (Fsp3) is 0.400. The van der Waals surface area contributed by atoms with Gasteiger partial charge in [-0.3, -0.25) is 0 Å². The fourth-order valence-corrected chi connectivity index (χ4v) is 1.17. The number of benzene rings is 1. The lowest BCUT2D eigenvalue weighted by atomic mass is 10.1. The molecule has 1 rings (SSSR count). The molecule has 1 aromatic carbocycles. The number of rotatable bonds is 3. The maximum Gasteiger partial charge on any atom is 0.123 e. The molecular formula is C10H14FN. The first-order valence-electron chi connectivity index (χ1n) is 4.13. The molecule has 0 saturated carbocycles. The minimum absolute atomic E-state index is 0.147. The molecule has 0 fully saturated rings. The van der Waals surface area contributed by atoms with Crippen molar-refractivity contribution in [1.82, 2.24) is 5.32 Å². The van der Waals surface area contributed by atoms with Crippen molar-refractivity contribution in [3.8, 4) is 0 Å². The van der Waals surface area contributed by atoms with Crippen LogP contribution in [0.15, 0.2) is 18.2 Å². The van der Waals surface area contributed by atoms with Crippen LogP contribution in [0.4, 0.5) is 4.39 Å². The van der Waals surface area contributed by atoms with Crippen molar-refractivity contribution in [3.63, 3.8) is 0 Å². The van der Waals surface area contributed by atoms with Crippen molar-refractivity contribution >= 4 is 0 Å². The van der Waals surface area contributed by atoms with E-state index in [1.165, 1.54) is 6.07 Å². The topological polar surface area (TPSA) is 12.0 Å². The Morgan fingerprint density at radius 1 is 1.42 bits per heavy atom. The number of likely N-dealkylation sites (N-methyl/N-ethyl adjacent to an activating group) is 1. The van der Waals surface area contributed by atoms with Crippen molar-refractivity contribution in [3.05, 3.63) is 35.1 Å². The number of halogens is 1. The average Bonchev–Trinajstić information content (AvgIpc) is 2.07. The summed E-state index contributed by atoms with van der Waals surface area (Å²) in [4.78, 5) is 0. The quantitative estimate of drug-likeness (QED) is 0.725. The van der Waals surface area contributed by atoms with Crippen LogP contribution in [-0.4, -0.2) is 13.6 Å². The molecule has 0 spiro atoms. The summed E-state index contributed by atoms with van der Waals surface area (Å²) in [5.74, 6) is -0.147. The molecule has 0 aromatic heterocycles. The van der Waals surface area contributed by atoms with Gasteiger partial charge >= 0.3 is 0 Å². The second-order valence-electron chi connectivity index (χ2n) is 2.92. The first kappa shape index (κ1) is 9.20. The molecule has 1 nitrogen and oxygen atoms in total. The van der Waals surface area contributed by atoms with Crippen LogP contribution in [0.5, 0.6) is 0 Å². The van der Waals surface area contributed by atoms with Crippen molar-refractivity contribution in [2.75, 3.05) is 13.6 Å². The highest BCUT2D eigenvalue weighted by molar-refractivity contribution is 5.26. The Morgan fingerprint density at radius 3 is 2.83 bits per heavy atom. The van der Waals surface area contributed by atoms with Gasteiger partial charge in [-0.25, -0.2) is 4.39 Å². The monoisotopic (exact) mass is 167 g/mol. The van der Waals surface area contributed by atoms with Crippen molar-refractivity contribution in [2.24, 2.45) is 0 Å². The van der Waals surface area contributed by atoms with Gasteiger partial charge in [0.05, 0.1) is 0 Å². The Labute approximate surface area is 72.6 Å². The van der Waals surface area contributed by atoms with E-state index in [0.29, 0.717) is 0 Å². The predicted molar refractivity (Wildman–Crippen MR) is 48.8 cm³/mol. The second kappa shape index (κ2) is 4.21. The maximum absolute atomic E-state index is 12.8. The van der Waals surface area contributed by atoms with Gasteiger partial charge in [0, 0.05) is 0 Å². The van der Waals surface area contributed by atoms with Gasteiger partial charge in [0.15, 0.2) is 0 Å². The molecule has 0 bridgehead atoms. The van der Waals surface area contributed by atoms with Gasteiger partial charge in [0.1, 0.15) is 5.82 Å². The van der Waals surface area contributed by atoms with Crippen LogP contribution in [0.1, 0.15) is 11.1 Å². The van der Waals surface area contributed by atoms with Crippen LogP contribution in [-0.2, 0) is 6.42 Å². The molecule has 0 aliphatic rings. The summed E-state index contributed by atoms with van der Waals surface area (Å²) < 4.78 is 12.8. The van der Waals surface area contributed by atoms with E-state index in [9.17, 15) is 4.39 Å². The zero-order valence-corrected chi connectivity index (χ0v) is 7.52. The highest BCUT2D eigenvalue weighted by atomic mass is 19.1. The van der Waals surface area contributed by atoms with Gasteiger partial charge < -0.3 is 5.32 Å². The normalized spacial score (nSPS) is 10.2. The SMILES string of the molecule is CNCCc1cc(F)ccc1C. The van der Waals surface area contributed by atoms with E-state index in [2.05, 4.69) is 5.32 Å². The van der Waals surface area contributed by atoms with Gasteiger partial charge in [-0.15, -0.1) is 0 Å². The molecule has 1 aromatic rings. The number of aryl methyl sites for hydroxylation is 1. The Hall–Kier alpha value is -0.890. The highest BCUT2D eigenvalue weighted by Crippen LogP contribution is 2.10. The molecule has 0 atom stereocenters. The largest absolute Gasteiger partial charge is 0.319 e.